The van der Waals surface area contributed by atoms with Gasteiger partial charge in [-0.2, -0.15) is 0 Å². The van der Waals surface area contributed by atoms with Crippen LogP contribution in [0.1, 0.15) is 43.0 Å². The van der Waals surface area contributed by atoms with Gasteiger partial charge in [0.2, 0.25) is 0 Å². The van der Waals surface area contributed by atoms with Crippen molar-refractivity contribution in [1.82, 2.24) is 10.6 Å². The second-order valence-corrected chi connectivity index (χ2v) is 6.15. The molecule has 0 saturated heterocycles. The van der Waals surface area contributed by atoms with E-state index in [0.717, 1.165) is 23.7 Å². The van der Waals surface area contributed by atoms with Gasteiger partial charge in [0, 0.05) is 23.1 Å². The Hall–Kier alpha value is -1.89. The molecule has 2 N–H and O–H groups in total. The van der Waals surface area contributed by atoms with E-state index < -0.39 is 5.97 Å². The average Bonchev–Trinajstić information content (AvgIpc) is 2.57. The van der Waals surface area contributed by atoms with Crippen molar-refractivity contribution in [1.29, 1.82) is 0 Å². The van der Waals surface area contributed by atoms with Gasteiger partial charge in [0.15, 0.2) is 6.61 Å². The van der Waals surface area contributed by atoms with Crippen LogP contribution in [0.3, 0.4) is 0 Å². The minimum absolute atomic E-state index is 0.0192. The molecule has 7 heteroatoms. The first-order valence-electron chi connectivity index (χ1n) is 7.99. The zero-order valence-electron chi connectivity index (χ0n) is 13.8. The quantitative estimate of drug-likeness (QED) is 0.468. The molecule has 0 fully saturated rings. The first-order chi connectivity index (χ1) is 11.5. The molecule has 2 amide bonds. The molecule has 1 aromatic rings. The molecule has 0 heterocycles. The lowest BCUT2D eigenvalue weighted by atomic mass is 10.2. The minimum atomic E-state index is -0.519. The second-order valence-electron chi connectivity index (χ2n) is 5.23. The maximum Gasteiger partial charge on any atom is 0.308 e. The summed E-state index contributed by atoms with van der Waals surface area (Å²) in [5.41, 5.74) is 0.512. The predicted molar refractivity (Wildman–Crippen MR) is 94.6 cm³/mol. The molecule has 0 atom stereocenters. The minimum Gasteiger partial charge on any atom is -0.456 e. The van der Waals surface area contributed by atoms with E-state index in [0.29, 0.717) is 12.1 Å². The van der Waals surface area contributed by atoms with Gasteiger partial charge in [-0.25, -0.2) is 0 Å². The number of nitrogens with one attached hydrogen (secondary N) is 2. The average molecular weight is 399 g/mol. The van der Waals surface area contributed by atoms with E-state index in [1.807, 2.05) is 0 Å². The standard InChI is InChI=1S/C17H23BrN2O4/c1-2-3-4-10-19-15(21)12-24-16(22)9-11-20-17(23)13-5-7-14(18)8-6-13/h5-8H,2-4,9-12H2,1H3,(H,19,21)(H,20,23). The fourth-order valence-electron chi connectivity index (χ4n) is 1.85. The van der Waals surface area contributed by atoms with E-state index in [-0.39, 0.29) is 31.4 Å². The van der Waals surface area contributed by atoms with Crippen molar-refractivity contribution < 1.29 is 19.1 Å². The monoisotopic (exact) mass is 398 g/mol. The molecular formula is C17H23BrN2O4. The Morgan fingerprint density at radius 2 is 1.75 bits per heavy atom. The van der Waals surface area contributed by atoms with E-state index in [1.165, 1.54) is 0 Å². The van der Waals surface area contributed by atoms with E-state index in [4.69, 9.17) is 4.74 Å². The summed E-state index contributed by atoms with van der Waals surface area (Å²) in [5, 5.41) is 5.31. The van der Waals surface area contributed by atoms with Gasteiger partial charge in [0.05, 0.1) is 6.42 Å². The normalized spacial score (nSPS) is 10.1. The lowest BCUT2D eigenvalue weighted by Crippen LogP contribution is -2.31. The first kappa shape index (κ1) is 20.2. The van der Waals surface area contributed by atoms with Crippen molar-refractivity contribution in [2.24, 2.45) is 0 Å². The molecule has 0 spiro atoms. The third kappa shape index (κ3) is 8.67. The highest BCUT2D eigenvalue weighted by Gasteiger charge is 2.09. The molecule has 0 saturated carbocycles. The van der Waals surface area contributed by atoms with Crippen LogP contribution in [0.15, 0.2) is 28.7 Å². The first-order valence-corrected chi connectivity index (χ1v) is 8.78. The fourth-order valence-corrected chi connectivity index (χ4v) is 2.12. The van der Waals surface area contributed by atoms with Gasteiger partial charge in [0.25, 0.3) is 11.8 Å². The Morgan fingerprint density at radius 1 is 1.04 bits per heavy atom. The topological polar surface area (TPSA) is 84.5 Å². The lowest BCUT2D eigenvalue weighted by molar-refractivity contribution is -0.148. The van der Waals surface area contributed by atoms with Gasteiger partial charge in [-0.15, -0.1) is 0 Å². The lowest BCUT2D eigenvalue weighted by Gasteiger charge is -2.07. The molecule has 1 aromatic carbocycles. The van der Waals surface area contributed by atoms with Crippen molar-refractivity contribution in [2.45, 2.75) is 32.6 Å². The Balaban J connectivity index is 2.14. The molecular weight excluding hydrogens is 376 g/mol. The Morgan fingerprint density at radius 3 is 2.42 bits per heavy atom. The molecule has 0 aliphatic rings. The van der Waals surface area contributed by atoms with E-state index in [2.05, 4.69) is 33.5 Å². The summed E-state index contributed by atoms with van der Waals surface area (Å²) in [5.74, 6) is -1.09. The van der Waals surface area contributed by atoms with E-state index in [9.17, 15) is 14.4 Å². The van der Waals surface area contributed by atoms with Crippen LogP contribution in [0.25, 0.3) is 0 Å². The zero-order chi connectivity index (χ0) is 17.8. The van der Waals surface area contributed by atoms with Gasteiger partial charge in [-0.1, -0.05) is 35.7 Å². The number of carbonyl (C=O) groups is 3. The van der Waals surface area contributed by atoms with E-state index >= 15 is 0 Å². The number of rotatable bonds is 10. The van der Waals surface area contributed by atoms with Gasteiger partial charge in [-0.3, -0.25) is 14.4 Å². The van der Waals surface area contributed by atoms with Crippen LogP contribution in [0.5, 0.6) is 0 Å². The van der Waals surface area contributed by atoms with Crippen LogP contribution < -0.4 is 10.6 Å². The van der Waals surface area contributed by atoms with Crippen LogP contribution in [-0.4, -0.2) is 37.5 Å². The number of carbonyl (C=O) groups excluding carboxylic acids is 3. The van der Waals surface area contributed by atoms with Crippen molar-refractivity contribution in [3.63, 3.8) is 0 Å². The van der Waals surface area contributed by atoms with Crippen molar-refractivity contribution in [3.8, 4) is 0 Å². The molecule has 6 nitrogen and oxygen atoms in total. The van der Waals surface area contributed by atoms with Crippen LogP contribution in [0, 0.1) is 0 Å². The molecule has 0 aromatic heterocycles. The summed E-state index contributed by atoms with van der Waals surface area (Å²) in [6.07, 6.45) is 3.07. The number of esters is 1. The number of unbranched alkanes of at least 4 members (excludes halogenated alkanes) is 2. The zero-order valence-corrected chi connectivity index (χ0v) is 15.4. The Labute approximate surface area is 150 Å². The summed E-state index contributed by atoms with van der Waals surface area (Å²) in [7, 11) is 0. The Bertz CT molecular complexity index is 546. The molecule has 0 bridgehead atoms. The maximum atomic E-state index is 11.8. The third-order valence-corrected chi connectivity index (χ3v) is 3.72. The number of hydrogen-bond acceptors (Lipinski definition) is 4. The van der Waals surface area contributed by atoms with Crippen molar-refractivity contribution >= 4 is 33.7 Å². The summed E-state index contributed by atoms with van der Waals surface area (Å²) in [6, 6.07) is 6.89. The summed E-state index contributed by atoms with van der Waals surface area (Å²) in [4.78, 5) is 34.8. The maximum absolute atomic E-state index is 11.8. The molecule has 0 unspecified atom stereocenters. The number of hydrogen-bond donors (Lipinski definition) is 2. The van der Waals surface area contributed by atoms with Gasteiger partial charge in [0.1, 0.15) is 0 Å². The highest BCUT2D eigenvalue weighted by Crippen LogP contribution is 2.10. The molecule has 0 aliphatic heterocycles. The van der Waals surface area contributed by atoms with Crippen molar-refractivity contribution in [3.05, 3.63) is 34.3 Å². The van der Waals surface area contributed by atoms with Gasteiger partial charge >= 0.3 is 5.97 Å². The SMILES string of the molecule is CCCCCNC(=O)COC(=O)CCNC(=O)c1ccc(Br)cc1. The highest BCUT2D eigenvalue weighted by atomic mass is 79.9. The van der Waals surface area contributed by atoms with E-state index in [1.54, 1.807) is 24.3 Å². The molecule has 0 aliphatic carbocycles. The van der Waals surface area contributed by atoms with Gasteiger partial charge < -0.3 is 15.4 Å². The summed E-state index contributed by atoms with van der Waals surface area (Å²) >= 11 is 3.29. The van der Waals surface area contributed by atoms with Crippen molar-refractivity contribution in [2.75, 3.05) is 19.7 Å². The van der Waals surface area contributed by atoms with Gasteiger partial charge in [-0.05, 0) is 30.7 Å². The fraction of sp³-hybridized carbons (Fsp3) is 0.471. The smallest absolute Gasteiger partial charge is 0.308 e. The van der Waals surface area contributed by atoms with Crippen LogP contribution in [-0.2, 0) is 14.3 Å². The Kier molecular flexibility index (Phi) is 9.76. The van der Waals surface area contributed by atoms with Crippen LogP contribution in [0.2, 0.25) is 0 Å². The predicted octanol–water partition coefficient (Wildman–Crippen LogP) is 2.42. The molecule has 132 valence electrons. The summed E-state index contributed by atoms with van der Waals surface area (Å²) in [6.45, 7) is 2.55. The van der Waals surface area contributed by atoms with Crippen LogP contribution in [0.4, 0.5) is 0 Å². The number of halogens is 1. The van der Waals surface area contributed by atoms with Crippen LogP contribution >= 0.6 is 15.9 Å². The molecule has 24 heavy (non-hydrogen) atoms. The molecule has 0 radical (unpaired) electrons. The number of benzene rings is 1. The highest BCUT2D eigenvalue weighted by molar-refractivity contribution is 9.10. The second kappa shape index (κ2) is 11.6. The number of amides is 2. The third-order valence-electron chi connectivity index (χ3n) is 3.19. The largest absolute Gasteiger partial charge is 0.456 e. The molecule has 1 rings (SSSR count). The summed E-state index contributed by atoms with van der Waals surface area (Å²) < 4.78 is 5.74. The number of ether oxygens (including phenoxy) is 1.